The van der Waals surface area contributed by atoms with Gasteiger partial charge in [-0.3, -0.25) is 9.10 Å². The van der Waals surface area contributed by atoms with Gasteiger partial charge in [-0.25, -0.2) is 8.42 Å². The van der Waals surface area contributed by atoms with E-state index in [0.717, 1.165) is 30.6 Å². The summed E-state index contributed by atoms with van der Waals surface area (Å²) in [6.07, 6.45) is 7.24. The fourth-order valence-electron chi connectivity index (χ4n) is 4.02. The standard InChI is InChI=1S/C24H32N2O4S2/c1-4-30-23-13-9-8-12-22(23)26(18-24(27)25(2)19-10-6-5-7-11-19)32(28,29)21-16-14-20(31-3)15-17-21/h8-9,12-17,19H,4-7,10-11,18H2,1-3H3. The topological polar surface area (TPSA) is 66.9 Å². The lowest BCUT2D eigenvalue weighted by Crippen LogP contribution is -2.46. The van der Waals surface area contributed by atoms with Crippen molar-refractivity contribution in [3.63, 3.8) is 0 Å². The molecule has 0 radical (unpaired) electrons. The molecule has 0 aromatic heterocycles. The summed E-state index contributed by atoms with van der Waals surface area (Å²) in [7, 11) is -2.20. The molecule has 174 valence electrons. The van der Waals surface area contributed by atoms with Crippen molar-refractivity contribution >= 4 is 33.4 Å². The van der Waals surface area contributed by atoms with Crippen molar-refractivity contribution in [2.75, 3.05) is 30.8 Å². The minimum atomic E-state index is -3.98. The van der Waals surface area contributed by atoms with E-state index in [0.29, 0.717) is 18.0 Å². The number of sulfonamides is 1. The summed E-state index contributed by atoms with van der Waals surface area (Å²) in [6.45, 7) is 1.96. The number of benzene rings is 2. The van der Waals surface area contributed by atoms with E-state index in [4.69, 9.17) is 4.74 Å². The van der Waals surface area contributed by atoms with Crippen LogP contribution in [0.2, 0.25) is 0 Å². The van der Waals surface area contributed by atoms with Crippen LogP contribution in [-0.2, 0) is 14.8 Å². The molecule has 1 fully saturated rings. The average Bonchev–Trinajstić information content (AvgIpc) is 2.83. The number of likely N-dealkylation sites (N-methyl/N-ethyl adjacent to an activating group) is 1. The fraction of sp³-hybridized carbons (Fsp3) is 0.458. The van der Waals surface area contributed by atoms with Crippen LogP contribution in [0.4, 0.5) is 5.69 Å². The van der Waals surface area contributed by atoms with E-state index >= 15 is 0 Å². The molecule has 8 heteroatoms. The summed E-state index contributed by atoms with van der Waals surface area (Å²) in [5, 5.41) is 0. The highest BCUT2D eigenvalue weighted by molar-refractivity contribution is 7.98. The van der Waals surface area contributed by atoms with Crippen LogP contribution in [0.3, 0.4) is 0 Å². The van der Waals surface area contributed by atoms with Gasteiger partial charge in [0.25, 0.3) is 10.0 Å². The van der Waals surface area contributed by atoms with Crippen LogP contribution in [0.5, 0.6) is 5.75 Å². The summed E-state index contributed by atoms with van der Waals surface area (Å²) in [6, 6.07) is 13.9. The van der Waals surface area contributed by atoms with Crippen LogP contribution < -0.4 is 9.04 Å². The summed E-state index contributed by atoms with van der Waals surface area (Å²) in [5.74, 6) is 0.222. The van der Waals surface area contributed by atoms with Crippen LogP contribution in [0.25, 0.3) is 0 Å². The molecule has 1 amide bonds. The zero-order chi connectivity index (χ0) is 23.1. The Morgan fingerprint density at radius 3 is 2.34 bits per heavy atom. The third-order valence-corrected chi connectivity index (χ3v) is 8.39. The maximum Gasteiger partial charge on any atom is 0.264 e. The van der Waals surface area contributed by atoms with E-state index in [9.17, 15) is 13.2 Å². The summed E-state index contributed by atoms with van der Waals surface area (Å²) in [4.78, 5) is 16.1. The van der Waals surface area contributed by atoms with Crippen molar-refractivity contribution in [1.82, 2.24) is 4.90 Å². The molecule has 0 saturated heterocycles. The number of anilines is 1. The smallest absolute Gasteiger partial charge is 0.264 e. The number of nitrogens with zero attached hydrogens (tertiary/aromatic N) is 2. The first-order chi connectivity index (χ1) is 15.4. The SMILES string of the molecule is CCOc1ccccc1N(CC(=O)N(C)C1CCCCC1)S(=O)(=O)c1ccc(SC)cc1. The molecule has 0 N–H and O–H groups in total. The Kier molecular flexibility index (Phi) is 8.48. The van der Waals surface area contributed by atoms with Gasteiger partial charge >= 0.3 is 0 Å². The van der Waals surface area contributed by atoms with Crippen molar-refractivity contribution in [2.45, 2.75) is 54.9 Å². The zero-order valence-electron chi connectivity index (χ0n) is 19.0. The largest absolute Gasteiger partial charge is 0.492 e. The molecule has 2 aromatic carbocycles. The molecule has 1 aliphatic carbocycles. The molecule has 0 atom stereocenters. The first kappa shape index (κ1) is 24.5. The molecule has 0 bridgehead atoms. The van der Waals surface area contributed by atoms with Crippen LogP contribution in [-0.4, -0.2) is 51.7 Å². The number of hydrogen-bond acceptors (Lipinski definition) is 5. The van der Waals surface area contributed by atoms with Crippen LogP contribution in [0.1, 0.15) is 39.0 Å². The Hall–Kier alpha value is -2.19. The van der Waals surface area contributed by atoms with Gasteiger partial charge in [0, 0.05) is 18.0 Å². The van der Waals surface area contributed by atoms with Crippen molar-refractivity contribution in [1.29, 1.82) is 0 Å². The lowest BCUT2D eigenvalue weighted by molar-refractivity contribution is -0.130. The average molecular weight is 477 g/mol. The molecule has 3 rings (SSSR count). The van der Waals surface area contributed by atoms with E-state index in [2.05, 4.69) is 0 Å². The maximum atomic E-state index is 13.7. The van der Waals surface area contributed by atoms with E-state index in [1.807, 2.05) is 13.2 Å². The predicted molar refractivity (Wildman–Crippen MR) is 130 cm³/mol. The van der Waals surface area contributed by atoms with E-state index in [1.165, 1.54) is 10.7 Å². The number of thioether (sulfide) groups is 1. The van der Waals surface area contributed by atoms with Crippen LogP contribution in [0, 0.1) is 0 Å². The quantitative estimate of drug-likeness (QED) is 0.487. The van der Waals surface area contributed by atoms with E-state index in [1.54, 1.807) is 72.2 Å². The Morgan fingerprint density at radius 1 is 1.06 bits per heavy atom. The van der Waals surface area contributed by atoms with Gasteiger partial charge in [0.15, 0.2) is 0 Å². The van der Waals surface area contributed by atoms with Gasteiger partial charge in [-0.05, 0) is 62.4 Å². The van der Waals surface area contributed by atoms with Crippen molar-refractivity contribution < 1.29 is 17.9 Å². The monoisotopic (exact) mass is 476 g/mol. The van der Waals surface area contributed by atoms with Gasteiger partial charge in [-0.15, -0.1) is 11.8 Å². The van der Waals surface area contributed by atoms with Gasteiger partial charge in [-0.1, -0.05) is 31.4 Å². The van der Waals surface area contributed by atoms with Crippen LogP contribution in [0.15, 0.2) is 58.3 Å². The number of rotatable bonds is 9. The Balaban J connectivity index is 1.98. The Bertz CT molecular complexity index is 1000. The highest BCUT2D eigenvalue weighted by Crippen LogP contribution is 2.33. The lowest BCUT2D eigenvalue weighted by Gasteiger charge is -2.33. The number of carbonyl (C=O) groups is 1. The van der Waals surface area contributed by atoms with Gasteiger partial charge < -0.3 is 9.64 Å². The van der Waals surface area contributed by atoms with Crippen molar-refractivity contribution in [2.24, 2.45) is 0 Å². The minimum Gasteiger partial charge on any atom is -0.492 e. The van der Waals surface area contributed by atoms with E-state index < -0.39 is 10.0 Å². The molecule has 6 nitrogen and oxygen atoms in total. The van der Waals surface area contributed by atoms with Crippen molar-refractivity contribution in [3.05, 3.63) is 48.5 Å². The predicted octanol–water partition coefficient (Wildman–Crippen LogP) is 4.79. The van der Waals surface area contributed by atoms with E-state index in [-0.39, 0.29) is 23.4 Å². The van der Waals surface area contributed by atoms with Gasteiger partial charge in [0.1, 0.15) is 12.3 Å². The summed E-state index contributed by atoms with van der Waals surface area (Å²) >= 11 is 1.54. The first-order valence-electron chi connectivity index (χ1n) is 11.0. The molecule has 0 unspecified atom stereocenters. The number of ether oxygens (including phenoxy) is 1. The van der Waals surface area contributed by atoms with Crippen LogP contribution >= 0.6 is 11.8 Å². The number of para-hydroxylation sites is 2. The molecule has 32 heavy (non-hydrogen) atoms. The van der Waals surface area contributed by atoms with Gasteiger partial charge in [-0.2, -0.15) is 0 Å². The minimum absolute atomic E-state index is 0.148. The highest BCUT2D eigenvalue weighted by Gasteiger charge is 2.32. The molecule has 1 aliphatic rings. The lowest BCUT2D eigenvalue weighted by atomic mass is 9.94. The molecule has 2 aromatic rings. The molecule has 0 heterocycles. The first-order valence-corrected chi connectivity index (χ1v) is 13.7. The Morgan fingerprint density at radius 2 is 1.72 bits per heavy atom. The number of carbonyl (C=O) groups excluding carboxylic acids is 1. The van der Waals surface area contributed by atoms with Gasteiger partial charge in [0.05, 0.1) is 17.2 Å². The summed E-state index contributed by atoms with van der Waals surface area (Å²) < 4.78 is 34.3. The molecule has 1 saturated carbocycles. The second kappa shape index (κ2) is 11.1. The third-order valence-electron chi connectivity index (χ3n) is 5.88. The number of amides is 1. The molecule has 0 aliphatic heterocycles. The second-order valence-electron chi connectivity index (χ2n) is 7.88. The maximum absolute atomic E-state index is 13.7. The molecular weight excluding hydrogens is 444 g/mol. The normalized spacial score (nSPS) is 14.7. The molecular formula is C24H32N2O4S2. The fourth-order valence-corrected chi connectivity index (χ4v) is 5.85. The Labute approximate surface area is 196 Å². The highest BCUT2D eigenvalue weighted by atomic mass is 32.2. The number of hydrogen-bond donors (Lipinski definition) is 0. The van der Waals surface area contributed by atoms with Gasteiger partial charge in [0.2, 0.25) is 5.91 Å². The second-order valence-corrected chi connectivity index (χ2v) is 10.6. The molecule has 0 spiro atoms. The summed E-state index contributed by atoms with van der Waals surface area (Å²) in [5.41, 5.74) is 0.369. The third kappa shape index (κ3) is 5.59. The van der Waals surface area contributed by atoms with Crippen molar-refractivity contribution in [3.8, 4) is 5.75 Å². The zero-order valence-corrected chi connectivity index (χ0v) is 20.6.